The number of fused-ring (bicyclic) bond motifs is 4. The smallest absolute Gasteiger partial charge is 0.332 e. The zero-order chi connectivity index (χ0) is 30.4. The minimum Gasteiger partial charge on any atom is -0.407 e. The number of carbonyl (C=O) groups excluding carboxylic acids is 3. The molecule has 218 valence electrons. The van der Waals surface area contributed by atoms with Crippen molar-refractivity contribution in [3.63, 3.8) is 0 Å². The number of rotatable bonds is 6. The van der Waals surface area contributed by atoms with E-state index in [1.165, 1.54) is 0 Å². The zero-order valence-electron chi connectivity index (χ0n) is 23.1. The van der Waals surface area contributed by atoms with Gasteiger partial charge in [0.15, 0.2) is 0 Å². The number of sulfone groups is 1. The van der Waals surface area contributed by atoms with E-state index in [-0.39, 0.29) is 33.2 Å². The first-order valence-electron chi connectivity index (χ1n) is 13.9. The first-order valence-corrected chi connectivity index (χ1v) is 15.4. The average Bonchev–Trinajstić information content (AvgIpc) is 3.43. The maximum Gasteiger partial charge on any atom is 0.332 e. The Morgan fingerprint density at radius 3 is 2.16 bits per heavy atom. The number of esters is 1. The molecule has 10 nitrogen and oxygen atoms in total. The largest absolute Gasteiger partial charge is 0.407 e. The molecular weight excluding hydrogens is 580 g/mol. The molecule has 1 atom stereocenters. The van der Waals surface area contributed by atoms with E-state index in [1.54, 1.807) is 66.7 Å². The van der Waals surface area contributed by atoms with Gasteiger partial charge in [0.1, 0.15) is 6.54 Å². The molecule has 0 aliphatic carbocycles. The lowest BCUT2D eigenvalue weighted by atomic mass is 9.97. The minimum absolute atomic E-state index is 0.000346. The Kier molecular flexibility index (Phi) is 6.75. The van der Waals surface area contributed by atoms with Gasteiger partial charge in [0.25, 0.3) is 11.8 Å². The molecule has 0 fully saturated rings. The summed E-state index contributed by atoms with van der Waals surface area (Å²) in [5, 5.41) is 11.9. The van der Waals surface area contributed by atoms with Crippen LogP contribution in [0.15, 0.2) is 117 Å². The van der Waals surface area contributed by atoms with E-state index in [4.69, 9.17) is 4.74 Å². The van der Waals surface area contributed by atoms with Crippen molar-refractivity contribution in [2.75, 3.05) is 6.54 Å². The summed E-state index contributed by atoms with van der Waals surface area (Å²) in [5.74, 6) is -1.96. The highest BCUT2D eigenvalue weighted by Gasteiger charge is 2.38. The number of benzene rings is 4. The van der Waals surface area contributed by atoms with E-state index < -0.39 is 40.2 Å². The van der Waals surface area contributed by atoms with Crippen molar-refractivity contribution in [2.24, 2.45) is 10.2 Å². The second-order valence-corrected chi connectivity index (χ2v) is 12.4. The van der Waals surface area contributed by atoms with Crippen LogP contribution in [0, 0.1) is 0 Å². The Bertz CT molecular complexity index is 2000. The first-order chi connectivity index (χ1) is 21.3. The Hall–Kier alpha value is -5.26. The van der Waals surface area contributed by atoms with Crippen molar-refractivity contribution in [3.05, 3.63) is 119 Å². The van der Waals surface area contributed by atoms with Gasteiger partial charge in [-0.25, -0.2) is 13.2 Å². The van der Waals surface area contributed by atoms with Crippen LogP contribution in [0.25, 0.3) is 11.1 Å². The fraction of sp³-hybridized carbons (Fsp3) is 0.121. The molecule has 7 rings (SSSR count). The third kappa shape index (κ3) is 4.72. The maximum atomic E-state index is 13.1. The third-order valence-electron chi connectivity index (χ3n) is 7.81. The molecule has 0 radical (unpaired) electrons. The van der Waals surface area contributed by atoms with Crippen molar-refractivity contribution < 1.29 is 27.5 Å². The van der Waals surface area contributed by atoms with Gasteiger partial charge in [-0.2, -0.15) is 5.10 Å². The molecule has 0 spiro atoms. The minimum atomic E-state index is -3.61. The van der Waals surface area contributed by atoms with Crippen LogP contribution in [0.3, 0.4) is 0 Å². The van der Waals surface area contributed by atoms with Gasteiger partial charge >= 0.3 is 5.97 Å². The number of hydrogen-bond acceptors (Lipinski definition) is 9. The molecule has 0 aromatic heterocycles. The number of hydrogen-bond donors (Lipinski definition) is 1. The highest BCUT2D eigenvalue weighted by Crippen LogP contribution is 2.43. The summed E-state index contributed by atoms with van der Waals surface area (Å²) in [5.41, 5.74) is 3.95. The molecular formula is C33H24N4O6S. The Labute approximate surface area is 252 Å². The van der Waals surface area contributed by atoms with Crippen LogP contribution in [0.1, 0.15) is 38.3 Å². The van der Waals surface area contributed by atoms with E-state index in [2.05, 4.69) is 15.5 Å². The van der Waals surface area contributed by atoms with Gasteiger partial charge in [0.2, 0.25) is 15.7 Å². The normalized spacial score (nSPS) is 17.8. The summed E-state index contributed by atoms with van der Waals surface area (Å²) in [6, 6.07) is 27.4. The average molecular weight is 605 g/mol. The predicted octanol–water partition coefficient (Wildman–Crippen LogP) is 4.00. The second-order valence-electron chi connectivity index (χ2n) is 10.5. The monoisotopic (exact) mass is 604 g/mol. The van der Waals surface area contributed by atoms with Crippen molar-refractivity contribution in [3.8, 4) is 11.1 Å². The van der Waals surface area contributed by atoms with Gasteiger partial charge in [0, 0.05) is 24.1 Å². The molecule has 4 aromatic rings. The molecule has 44 heavy (non-hydrogen) atoms. The summed E-state index contributed by atoms with van der Waals surface area (Å²) in [7, 11) is -3.61. The van der Waals surface area contributed by atoms with Crippen LogP contribution >= 0.6 is 0 Å². The van der Waals surface area contributed by atoms with Crippen LogP contribution in [0.5, 0.6) is 0 Å². The van der Waals surface area contributed by atoms with E-state index in [0.29, 0.717) is 28.9 Å². The number of imide groups is 1. The summed E-state index contributed by atoms with van der Waals surface area (Å²) in [6.45, 7) is -0.143. The highest BCUT2D eigenvalue weighted by atomic mass is 32.2. The van der Waals surface area contributed by atoms with E-state index in [1.807, 2.05) is 30.3 Å². The van der Waals surface area contributed by atoms with Crippen LogP contribution in [-0.2, 0) is 25.9 Å². The Morgan fingerprint density at radius 2 is 1.43 bits per heavy atom. The third-order valence-corrected chi connectivity index (χ3v) is 9.68. The molecule has 4 aromatic carbocycles. The van der Waals surface area contributed by atoms with Gasteiger partial charge in [-0.1, -0.05) is 66.7 Å². The number of nitrogens with zero attached hydrogens (tertiary/aromatic N) is 3. The van der Waals surface area contributed by atoms with Gasteiger partial charge < -0.3 is 10.1 Å². The number of amides is 2. The number of nitrogens with one attached hydrogen (secondary N) is 1. The predicted molar refractivity (Wildman–Crippen MR) is 161 cm³/mol. The van der Waals surface area contributed by atoms with Crippen LogP contribution in [0.2, 0.25) is 0 Å². The lowest BCUT2D eigenvalue weighted by Gasteiger charge is -2.24. The first kappa shape index (κ1) is 27.6. The SMILES string of the molecule is O=C(CN1C(=O)c2ccccc2C1=O)OC1=NN=C(c2ccc3c(c2)-c2ccccc2S3(=O)=O)CC1NCc1ccccc1. The summed E-state index contributed by atoms with van der Waals surface area (Å²) in [4.78, 5) is 39.9. The molecule has 1 unspecified atom stereocenters. The molecule has 1 N–H and O–H groups in total. The van der Waals surface area contributed by atoms with Gasteiger partial charge in [-0.15, -0.1) is 5.10 Å². The molecule has 3 aliphatic heterocycles. The maximum absolute atomic E-state index is 13.1. The molecule has 0 saturated heterocycles. The molecule has 0 saturated carbocycles. The lowest BCUT2D eigenvalue weighted by Crippen LogP contribution is -2.44. The Balaban J connectivity index is 1.16. The van der Waals surface area contributed by atoms with Crippen LogP contribution in [0.4, 0.5) is 0 Å². The molecule has 11 heteroatoms. The molecule has 0 bridgehead atoms. The summed E-state index contributed by atoms with van der Waals surface area (Å²) < 4.78 is 31.7. The van der Waals surface area contributed by atoms with Crippen molar-refractivity contribution in [1.82, 2.24) is 10.2 Å². The highest BCUT2D eigenvalue weighted by molar-refractivity contribution is 7.92. The Morgan fingerprint density at radius 1 is 0.795 bits per heavy atom. The molecule has 2 amide bonds. The number of ether oxygens (including phenoxy) is 1. The van der Waals surface area contributed by atoms with Gasteiger partial charge in [-0.05, 0) is 41.5 Å². The fourth-order valence-electron chi connectivity index (χ4n) is 5.62. The standard InChI is InChI=1S/C33H24N4O6S/c38-30(19-37-32(39)23-11-4-5-12-24(23)33(37)40)43-31-27(34-18-20-8-2-1-3-9-20)17-26(35-36-31)21-14-15-29-25(16-21)22-10-6-7-13-28(22)44(29,41)42/h1-16,27,34H,17-19H2. The van der Waals surface area contributed by atoms with E-state index >= 15 is 0 Å². The van der Waals surface area contributed by atoms with Crippen LogP contribution < -0.4 is 5.32 Å². The molecule has 3 heterocycles. The molecule has 3 aliphatic rings. The van der Waals surface area contributed by atoms with Crippen LogP contribution in [-0.4, -0.2) is 55.3 Å². The van der Waals surface area contributed by atoms with E-state index in [0.717, 1.165) is 10.5 Å². The summed E-state index contributed by atoms with van der Waals surface area (Å²) in [6.07, 6.45) is 0.277. The van der Waals surface area contributed by atoms with Gasteiger partial charge in [0.05, 0.1) is 32.7 Å². The fourth-order valence-corrected chi connectivity index (χ4v) is 7.29. The van der Waals surface area contributed by atoms with Crippen molar-refractivity contribution >= 4 is 39.2 Å². The van der Waals surface area contributed by atoms with Crippen molar-refractivity contribution in [2.45, 2.75) is 28.8 Å². The van der Waals surface area contributed by atoms with E-state index in [9.17, 15) is 22.8 Å². The quantitative estimate of drug-likeness (QED) is 0.229. The van der Waals surface area contributed by atoms with Crippen molar-refractivity contribution in [1.29, 1.82) is 0 Å². The summed E-state index contributed by atoms with van der Waals surface area (Å²) >= 11 is 0. The lowest BCUT2D eigenvalue weighted by molar-refractivity contribution is -0.136. The van der Waals surface area contributed by atoms with Gasteiger partial charge in [-0.3, -0.25) is 14.5 Å². The second kappa shape index (κ2) is 10.8. The topological polar surface area (TPSA) is 135 Å². The number of carbonyl (C=O) groups is 3. The zero-order valence-corrected chi connectivity index (χ0v) is 24.0.